The Labute approximate surface area is 199 Å². The number of nitrogens with zero attached hydrogens (tertiary/aromatic N) is 4. The summed E-state index contributed by atoms with van der Waals surface area (Å²) < 4.78 is 2.78. The summed E-state index contributed by atoms with van der Waals surface area (Å²) in [5.74, 6) is -0.130. The van der Waals surface area contributed by atoms with E-state index in [-0.39, 0.29) is 11.4 Å². The topological polar surface area (TPSA) is 115 Å². The number of aromatic amines is 1. The standard InChI is InChI=1S/C24H26N6O3S/c31-21(28-23-25-11-12-34-23)18(13-16-7-3-1-4-8-16)30-22(32)19-20(27-24(30)33)29(15-26-19)14-17-9-5-2-6-10-17/h2,5-6,9-12,15-16,18H,1,3-4,7-8,13-14H2,(H,27,33)(H,25,28,31). The number of anilines is 1. The number of fused-ring (bicyclic) bond motifs is 1. The van der Waals surface area contributed by atoms with Crippen molar-refractivity contribution in [2.24, 2.45) is 5.92 Å². The molecule has 1 fully saturated rings. The summed E-state index contributed by atoms with van der Waals surface area (Å²) in [4.78, 5) is 51.2. The number of carbonyl (C=O) groups is 1. The Bertz CT molecular complexity index is 1380. The van der Waals surface area contributed by atoms with Crippen LogP contribution in [-0.2, 0) is 11.3 Å². The molecule has 1 aliphatic carbocycles. The van der Waals surface area contributed by atoms with Crippen molar-refractivity contribution in [2.75, 3.05) is 5.32 Å². The monoisotopic (exact) mass is 478 g/mol. The Hall–Kier alpha value is -3.53. The summed E-state index contributed by atoms with van der Waals surface area (Å²) in [5, 5.41) is 4.98. The van der Waals surface area contributed by atoms with Crippen LogP contribution in [0.15, 0.2) is 57.8 Å². The van der Waals surface area contributed by atoms with Crippen LogP contribution >= 0.6 is 11.3 Å². The number of imidazole rings is 1. The molecule has 0 bridgehead atoms. The van der Waals surface area contributed by atoms with Crippen molar-refractivity contribution in [2.45, 2.75) is 51.1 Å². The molecule has 5 rings (SSSR count). The molecule has 2 N–H and O–H groups in total. The van der Waals surface area contributed by atoms with Crippen molar-refractivity contribution in [1.82, 2.24) is 24.1 Å². The van der Waals surface area contributed by atoms with Gasteiger partial charge < -0.3 is 9.88 Å². The van der Waals surface area contributed by atoms with Gasteiger partial charge in [-0.15, -0.1) is 11.3 Å². The summed E-state index contributed by atoms with van der Waals surface area (Å²) in [6, 6.07) is 8.79. The van der Waals surface area contributed by atoms with E-state index in [0.29, 0.717) is 23.7 Å². The third-order valence-electron chi connectivity index (χ3n) is 6.46. The molecule has 1 aromatic carbocycles. The molecule has 1 amide bonds. The Morgan fingerprint density at radius 3 is 2.68 bits per heavy atom. The second kappa shape index (κ2) is 9.76. The SMILES string of the molecule is O=C(Nc1nccs1)C(CC1CCCCC1)n1c(=O)[nH]c2c(ncn2Cc2ccccc2)c1=O. The van der Waals surface area contributed by atoms with Gasteiger partial charge in [0, 0.05) is 11.6 Å². The number of thiazole rings is 1. The molecule has 1 saturated carbocycles. The fourth-order valence-corrected chi connectivity index (χ4v) is 5.29. The minimum absolute atomic E-state index is 0.145. The summed E-state index contributed by atoms with van der Waals surface area (Å²) >= 11 is 1.29. The highest BCUT2D eigenvalue weighted by Gasteiger charge is 2.30. The van der Waals surface area contributed by atoms with E-state index in [1.165, 1.54) is 17.8 Å². The zero-order valence-electron chi connectivity index (χ0n) is 18.6. The number of H-pyrrole nitrogens is 1. The maximum Gasteiger partial charge on any atom is 0.330 e. The second-order valence-electron chi connectivity index (χ2n) is 8.74. The summed E-state index contributed by atoms with van der Waals surface area (Å²) in [5.41, 5.74) is 0.353. The first-order chi connectivity index (χ1) is 16.6. The number of hydrogen-bond acceptors (Lipinski definition) is 6. The summed E-state index contributed by atoms with van der Waals surface area (Å²) in [6.45, 7) is 0.465. The Kier molecular flexibility index (Phi) is 6.39. The van der Waals surface area contributed by atoms with Gasteiger partial charge in [0.15, 0.2) is 10.6 Å². The van der Waals surface area contributed by atoms with Crippen molar-refractivity contribution < 1.29 is 4.79 Å². The van der Waals surface area contributed by atoms with Crippen molar-refractivity contribution in [3.05, 3.63) is 74.6 Å². The fourth-order valence-electron chi connectivity index (χ4n) is 4.76. The van der Waals surface area contributed by atoms with Gasteiger partial charge in [0.2, 0.25) is 5.91 Å². The molecule has 9 nitrogen and oxygen atoms in total. The number of carbonyl (C=O) groups excluding carboxylic acids is 1. The predicted molar refractivity (Wildman–Crippen MR) is 131 cm³/mol. The van der Waals surface area contributed by atoms with Crippen molar-refractivity contribution >= 4 is 33.5 Å². The van der Waals surface area contributed by atoms with E-state index in [0.717, 1.165) is 35.8 Å². The van der Waals surface area contributed by atoms with E-state index in [4.69, 9.17) is 0 Å². The predicted octanol–water partition coefficient (Wildman–Crippen LogP) is 3.54. The van der Waals surface area contributed by atoms with Crippen LogP contribution in [0.1, 0.15) is 50.1 Å². The maximum absolute atomic E-state index is 13.5. The van der Waals surface area contributed by atoms with Gasteiger partial charge in [-0.05, 0) is 17.9 Å². The molecule has 3 aromatic heterocycles. The first kappa shape index (κ1) is 22.3. The molecule has 0 radical (unpaired) electrons. The molecule has 176 valence electrons. The molecule has 0 aliphatic heterocycles. The fraction of sp³-hybridized carbons (Fsp3) is 0.375. The smallest absolute Gasteiger partial charge is 0.312 e. The number of rotatable bonds is 7. The van der Waals surface area contributed by atoms with Crippen LogP contribution in [0.3, 0.4) is 0 Å². The number of hydrogen-bond donors (Lipinski definition) is 2. The van der Waals surface area contributed by atoms with Crippen LogP contribution in [0.5, 0.6) is 0 Å². The van der Waals surface area contributed by atoms with Crippen molar-refractivity contribution in [3.63, 3.8) is 0 Å². The number of aromatic nitrogens is 5. The van der Waals surface area contributed by atoms with Gasteiger partial charge in [-0.1, -0.05) is 62.4 Å². The molecule has 3 heterocycles. The third kappa shape index (κ3) is 4.58. The average Bonchev–Trinajstić information content (AvgIpc) is 3.50. The van der Waals surface area contributed by atoms with Gasteiger partial charge in [-0.2, -0.15) is 0 Å². The Balaban J connectivity index is 1.53. The lowest BCUT2D eigenvalue weighted by Gasteiger charge is -2.26. The second-order valence-corrected chi connectivity index (χ2v) is 9.64. The van der Waals surface area contributed by atoms with Crippen LogP contribution < -0.4 is 16.6 Å². The summed E-state index contributed by atoms with van der Waals surface area (Å²) in [6.07, 6.45) is 8.92. The Morgan fingerprint density at radius 1 is 1.15 bits per heavy atom. The molecule has 10 heteroatoms. The molecule has 34 heavy (non-hydrogen) atoms. The van der Waals surface area contributed by atoms with Gasteiger partial charge >= 0.3 is 5.69 Å². The molecule has 0 saturated heterocycles. The Morgan fingerprint density at radius 2 is 1.94 bits per heavy atom. The van der Waals surface area contributed by atoms with E-state index in [1.807, 2.05) is 30.3 Å². The van der Waals surface area contributed by atoms with E-state index < -0.39 is 23.2 Å². The molecule has 1 unspecified atom stereocenters. The van der Waals surface area contributed by atoms with Crippen molar-refractivity contribution in [1.29, 1.82) is 0 Å². The van der Waals surface area contributed by atoms with Gasteiger partial charge in [0.1, 0.15) is 11.7 Å². The van der Waals surface area contributed by atoms with E-state index in [1.54, 1.807) is 22.5 Å². The minimum Gasteiger partial charge on any atom is -0.312 e. The quantitative estimate of drug-likeness (QED) is 0.422. The third-order valence-corrected chi connectivity index (χ3v) is 7.15. The molecular formula is C24H26N6O3S. The number of amides is 1. The van der Waals surface area contributed by atoms with Crippen LogP contribution in [0.25, 0.3) is 11.2 Å². The maximum atomic E-state index is 13.5. The highest BCUT2D eigenvalue weighted by molar-refractivity contribution is 7.13. The van der Waals surface area contributed by atoms with E-state index >= 15 is 0 Å². The number of benzene rings is 1. The first-order valence-corrected chi connectivity index (χ1v) is 12.4. The largest absolute Gasteiger partial charge is 0.330 e. The average molecular weight is 479 g/mol. The normalized spacial score (nSPS) is 15.4. The van der Waals surface area contributed by atoms with Crippen molar-refractivity contribution in [3.8, 4) is 0 Å². The lowest BCUT2D eigenvalue weighted by atomic mass is 9.84. The van der Waals surface area contributed by atoms with Gasteiger partial charge in [-0.3, -0.25) is 14.6 Å². The van der Waals surface area contributed by atoms with Crippen LogP contribution in [0.2, 0.25) is 0 Å². The summed E-state index contributed by atoms with van der Waals surface area (Å²) in [7, 11) is 0. The van der Waals surface area contributed by atoms with Crippen LogP contribution in [0.4, 0.5) is 5.13 Å². The zero-order chi connectivity index (χ0) is 23.5. The highest BCUT2D eigenvalue weighted by atomic mass is 32.1. The van der Waals surface area contributed by atoms with Gasteiger partial charge in [0.05, 0.1) is 12.9 Å². The molecular weight excluding hydrogens is 452 g/mol. The first-order valence-electron chi connectivity index (χ1n) is 11.5. The minimum atomic E-state index is -0.938. The number of nitrogens with one attached hydrogen (secondary N) is 2. The molecule has 1 aliphatic rings. The lowest BCUT2D eigenvalue weighted by Crippen LogP contribution is -2.43. The highest BCUT2D eigenvalue weighted by Crippen LogP contribution is 2.31. The molecule has 4 aromatic rings. The van der Waals surface area contributed by atoms with Crippen LogP contribution in [0, 0.1) is 5.92 Å². The lowest BCUT2D eigenvalue weighted by molar-refractivity contribution is -0.120. The molecule has 0 spiro atoms. The van der Waals surface area contributed by atoms with E-state index in [2.05, 4.69) is 20.3 Å². The van der Waals surface area contributed by atoms with Gasteiger partial charge in [-0.25, -0.2) is 19.3 Å². The zero-order valence-corrected chi connectivity index (χ0v) is 19.5. The van der Waals surface area contributed by atoms with Crippen LogP contribution in [-0.4, -0.2) is 30.0 Å². The molecule has 1 atom stereocenters. The van der Waals surface area contributed by atoms with E-state index in [9.17, 15) is 14.4 Å². The van der Waals surface area contributed by atoms with Gasteiger partial charge in [0.25, 0.3) is 5.56 Å².